The van der Waals surface area contributed by atoms with Gasteiger partial charge < -0.3 is 14.2 Å². The molecule has 152 valence electrons. The van der Waals surface area contributed by atoms with Crippen molar-refractivity contribution in [1.29, 1.82) is 0 Å². The van der Waals surface area contributed by atoms with Crippen LogP contribution < -0.4 is 9.46 Å². The Kier molecular flexibility index (Phi) is 5.34. The number of benzene rings is 2. The van der Waals surface area contributed by atoms with Crippen molar-refractivity contribution in [2.45, 2.75) is 24.3 Å². The highest BCUT2D eigenvalue weighted by molar-refractivity contribution is 7.89. The van der Waals surface area contributed by atoms with Crippen LogP contribution in [-0.4, -0.2) is 27.3 Å². The molecule has 0 radical (unpaired) electrons. The molecule has 1 unspecified atom stereocenters. The zero-order valence-corrected chi connectivity index (χ0v) is 16.8. The minimum Gasteiger partial charge on any atom is -0.497 e. The summed E-state index contributed by atoms with van der Waals surface area (Å²) in [6.45, 7) is 2.57. The molecule has 0 aromatic heterocycles. The average molecular weight is 417 g/mol. The van der Waals surface area contributed by atoms with Crippen LogP contribution in [0.15, 0.2) is 71.1 Å². The SMILES string of the molecule is COc1ccc(C2(C)OC(NS(=O)(=O)c3ccccc3)=C(OC(C)=O)C2=O)cc1. The van der Waals surface area contributed by atoms with Crippen LogP contribution in [0, 0.1) is 0 Å². The summed E-state index contributed by atoms with van der Waals surface area (Å²) in [6.07, 6.45) is 0. The Hall–Kier alpha value is -3.33. The first-order chi connectivity index (χ1) is 13.7. The van der Waals surface area contributed by atoms with Gasteiger partial charge in [-0.1, -0.05) is 30.3 Å². The number of rotatable bonds is 6. The number of carbonyl (C=O) groups excluding carboxylic acids is 2. The van der Waals surface area contributed by atoms with Crippen LogP contribution in [0.2, 0.25) is 0 Å². The molecule has 0 bridgehead atoms. The molecule has 0 aliphatic carbocycles. The Balaban J connectivity index is 2.00. The predicted octanol–water partition coefficient (Wildman–Crippen LogP) is 2.22. The molecule has 29 heavy (non-hydrogen) atoms. The Morgan fingerprint density at radius 1 is 1.07 bits per heavy atom. The van der Waals surface area contributed by atoms with Crippen LogP contribution in [0.3, 0.4) is 0 Å². The molecule has 0 fully saturated rings. The maximum atomic E-state index is 13.0. The first kappa shape index (κ1) is 20.4. The third-order valence-electron chi connectivity index (χ3n) is 4.32. The lowest BCUT2D eigenvalue weighted by Crippen LogP contribution is -2.32. The van der Waals surface area contributed by atoms with E-state index in [9.17, 15) is 18.0 Å². The van der Waals surface area contributed by atoms with Crippen LogP contribution in [-0.2, 0) is 34.7 Å². The van der Waals surface area contributed by atoms with Gasteiger partial charge in [-0.2, -0.15) is 0 Å². The molecule has 2 aromatic rings. The predicted molar refractivity (Wildman–Crippen MR) is 102 cm³/mol. The van der Waals surface area contributed by atoms with Crippen molar-refractivity contribution in [2.75, 3.05) is 7.11 Å². The molecule has 1 atom stereocenters. The minimum absolute atomic E-state index is 0.0382. The minimum atomic E-state index is -4.08. The zero-order valence-electron chi connectivity index (χ0n) is 16.0. The van der Waals surface area contributed by atoms with Crippen LogP contribution in [0.25, 0.3) is 0 Å². The second-order valence-corrected chi connectivity index (χ2v) is 8.05. The molecule has 1 N–H and O–H groups in total. The lowest BCUT2D eigenvalue weighted by atomic mass is 9.91. The van der Waals surface area contributed by atoms with Crippen molar-refractivity contribution >= 4 is 21.8 Å². The second kappa shape index (κ2) is 7.59. The fourth-order valence-corrected chi connectivity index (χ4v) is 3.81. The van der Waals surface area contributed by atoms with Gasteiger partial charge in [-0.3, -0.25) is 9.59 Å². The number of methoxy groups -OCH3 is 1. The highest BCUT2D eigenvalue weighted by Crippen LogP contribution is 2.39. The number of nitrogens with one attached hydrogen (secondary N) is 1. The zero-order chi connectivity index (χ0) is 21.2. The van der Waals surface area contributed by atoms with E-state index in [0.717, 1.165) is 6.92 Å². The van der Waals surface area contributed by atoms with Crippen molar-refractivity contribution in [3.05, 3.63) is 71.8 Å². The van der Waals surface area contributed by atoms with Crippen molar-refractivity contribution in [3.8, 4) is 5.75 Å². The third kappa shape index (κ3) is 3.95. The maximum absolute atomic E-state index is 13.0. The van der Waals surface area contributed by atoms with Gasteiger partial charge in [0.1, 0.15) is 5.75 Å². The molecule has 1 aliphatic heterocycles. The largest absolute Gasteiger partial charge is 0.497 e. The molecule has 9 heteroatoms. The van der Waals surface area contributed by atoms with E-state index in [2.05, 4.69) is 4.72 Å². The van der Waals surface area contributed by atoms with Crippen molar-refractivity contribution < 1.29 is 32.2 Å². The van der Waals surface area contributed by atoms with E-state index in [0.29, 0.717) is 11.3 Å². The number of Topliss-reactive ketones (excluding diaryl/α,β-unsaturated/α-hetero) is 1. The van der Waals surface area contributed by atoms with Crippen LogP contribution in [0.1, 0.15) is 19.4 Å². The summed E-state index contributed by atoms with van der Waals surface area (Å²) >= 11 is 0. The summed E-state index contributed by atoms with van der Waals surface area (Å²) in [7, 11) is -2.57. The van der Waals surface area contributed by atoms with Gasteiger partial charge in [-0.15, -0.1) is 0 Å². The highest BCUT2D eigenvalue weighted by atomic mass is 32.2. The van der Waals surface area contributed by atoms with Gasteiger partial charge in [0.2, 0.25) is 5.76 Å². The van der Waals surface area contributed by atoms with E-state index in [1.54, 1.807) is 42.5 Å². The summed E-state index contributed by atoms with van der Waals surface area (Å²) in [5, 5.41) is 0. The Morgan fingerprint density at radius 3 is 2.24 bits per heavy atom. The lowest BCUT2D eigenvalue weighted by molar-refractivity contribution is -0.142. The fraction of sp³-hybridized carbons (Fsp3) is 0.200. The van der Waals surface area contributed by atoms with E-state index in [1.165, 1.54) is 26.2 Å². The normalized spacial score (nSPS) is 18.9. The van der Waals surface area contributed by atoms with Crippen LogP contribution in [0.5, 0.6) is 5.75 Å². The summed E-state index contributed by atoms with van der Waals surface area (Å²) in [6, 6.07) is 14.0. The van der Waals surface area contributed by atoms with E-state index >= 15 is 0 Å². The van der Waals surface area contributed by atoms with Gasteiger partial charge in [0.05, 0.1) is 12.0 Å². The molecule has 8 nitrogen and oxygen atoms in total. The fourth-order valence-electron chi connectivity index (χ4n) is 2.80. The Bertz CT molecular complexity index is 1080. The Labute approximate surface area is 168 Å². The summed E-state index contributed by atoms with van der Waals surface area (Å²) in [5.74, 6) is -1.86. The molecule has 0 saturated heterocycles. The monoisotopic (exact) mass is 417 g/mol. The van der Waals surface area contributed by atoms with Gasteiger partial charge in [0.15, 0.2) is 5.60 Å². The first-order valence-corrected chi connectivity index (χ1v) is 10.0. The van der Waals surface area contributed by atoms with Crippen molar-refractivity contribution in [1.82, 2.24) is 4.72 Å². The van der Waals surface area contributed by atoms with Crippen LogP contribution >= 0.6 is 0 Å². The van der Waals surface area contributed by atoms with Crippen molar-refractivity contribution in [3.63, 3.8) is 0 Å². The maximum Gasteiger partial charge on any atom is 0.308 e. The number of esters is 1. The first-order valence-electron chi connectivity index (χ1n) is 8.56. The van der Waals surface area contributed by atoms with E-state index in [4.69, 9.17) is 14.2 Å². The molecule has 2 aromatic carbocycles. The number of carbonyl (C=O) groups is 2. The number of hydrogen-bond donors (Lipinski definition) is 1. The molecule has 0 saturated carbocycles. The third-order valence-corrected chi connectivity index (χ3v) is 5.67. The highest BCUT2D eigenvalue weighted by Gasteiger charge is 2.50. The number of sulfonamides is 1. The van der Waals surface area contributed by atoms with E-state index in [-0.39, 0.29) is 4.90 Å². The van der Waals surface area contributed by atoms with Crippen molar-refractivity contribution in [2.24, 2.45) is 0 Å². The van der Waals surface area contributed by atoms with Gasteiger partial charge >= 0.3 is 5.97 Å². The molecule has 1 aliphatic rings. The Morgan fingerprint density at radius 2 is 1.69 bits per heavy atom. The summed E-state index contributed by atoms with van der Waals surface area (Å²) in [4.78, 5) is 24.5. The molecule has 0 spiro atoms. The van der Waals surface area contributed by atoms with Gasteiger partial charge in [0, 0.05) is 12.5 Å². The standard InChI is InChI=1S/C20H19NO7S/c1-13(22)27-17-18(23)20(2,14-9-11-15(26-3)12-10-14)28-19(17)21-29(24,25)16-7-5-4-6-8-16/h4-12,21H,1-3H3. The molecule has 1 heterocycles. The molecular weight excluding hydrogens is 398 g/mol. The summed E-state index contributed by atoms with van der Waals surface area (Å²) in [5.41, 5.74) is -1.16. The molecule has 0 amide bonds. The van der Waals surface area contributed by atoms with Gasteiger partial charge in [-0.25, -0.2) is 13.1 Å². The second-order valence-electron chi connectivity index (χ2n) is 6.36. The van der Waals surface area contributed by atoms with Gasteiger partial charge in [-0.05, 0) is 31.2 Å². The smallest absolute Gasteiger partial charge is 0.308 e. The van der Waals surface area contributed by atoms with E-state index in [1.807, 2.05) is 0 Å². The van der Waals surface area contributed by atoms with Gasteiger partial charge in [0.25, 0.3) is 21.7 Å². The molecular formula is C20H19NO7S. The number of hydrogen-bond acceptors (Lipinski definition) is 7. The topological polar surface area (TPSA) is 108 Å². The summed E-state index contributed by atoms with van der Waals surface area (Å²) < 4.78 is 43.4. The average Bonchev–Trinajstić information content (AvgIpc) is 2.93. The molecule has 3 rings (SSSR count). The van der Waals surface area contributed by atoms with Crippen LogP contribution in [0.4, 0.5) is 0 Å². The lowest BCUT2D eigenvalue weighted by Gasteiger charge is -2.24. The quantitative estimate of drug-likeness (QED) is 0.718. The number of ketones is 1. The number of ether oxygens (including phenoxy) is 3. The van der Waals surface area contributed by atoms with E-state index < -0.39 is 39.0 Å².